The van der Waals surface area contributed by atoms with Crippen molar-refractivity contribution in [2.75, 3.05) is 18.8 Å². The summed E-state index contributed by atoms with van der Waals surface area (Å²) in [7, 11) is -3.18. The monoisotopic (exact) mass is 263 g/mol. The second-order valence-electron chi connectivity index (χ2n) is 3.58. The number of hydrogen-bond donors (Lipinski definition) is 2. The average Bonchev–Trinajstić information content (AvgIpc) is 2.77. The molecule has 92 valence electrons. The van der Waals surface area contributed by atoms with Crippen molar-refractivity contribution in [1.82, 2.24) is 9.71 Å². The number of nitrogens with zero attached hydrogens (tertiary/aromatic N) is 1. The first-order valence-electron chi connectivity index (χ1n) is 5.12. The zero-order valence-corrected chi connectivity index (χ0v) is 10.9. The molecule has 0 radical (unpaired) electrons. The van der Waals surface area contributed by atoms with E-state index in [1.807, 2.05) is 12.3 Å². The van der Waals surface area contributed by atoms with E-state index in [0.717, 1.165) is 5.01 Å². The molecule has 0 spiro atoms. The molecule has 1 heterocycles. The number of nitrogens with one attached hydrogen (secondary N) is 1. The molecular weight excluding hydrogens is 246 g/mol. The van der Waals surface area contributed by atoms with Crippen molar-refractivity contribution in [2.24, 2.45) is 5.73 Å². The summed E-state index contributed by atoms with van der Waals surface area (Å²) in [5.41, 5.74) is 5.27. The maximum atomic E-state index is 11.5. The van der Waals surface area contributed by atoms with E-state index >= 15 is 0 Å². The van der Waals surface area contributed by atoms with Gasteiger partial charge in [-0.2, -0.15) is 0 Å². The van der Waals surface area contributed by atoms with Crippen LogP contribution in [0.3, 0.4) is 0 Å². The van der Waals surface area contributed by atoms with E-state index in [0.29, 0.717) is 19.5 Å². The minimum absolute atomic E-state index is 0.0914. The fraction of sp³-hybridized carbons (Fsp3) is 0.667. The fourth-order valence-electron chi connectivity index (χ4n) is 1.16. The van der Waals surface area contributed by atoms with E-state index in [2.05, 4.69) is 9.71 Å². The van der Waals surface area contributed by atoms with Gasteiger partial charge in [-0.15, -0.1) is 11.3 Å². The van der Waals surface area contributed by atoms with Gasteiger partial charge in [-0.1, -0.05) is 6.92 Å². The topological polar surface area (TPSA) is 85.1 Å². The van der Waals surface area contributed by atoms with E-state index in [1.165, 1.54) is 11.3 Å². The number of thiazole rings is 1. The summed E-state index contributed by atoms with van der Waals surface area (Å²) in [5, 5.41) is 2.83. The van der Waals surface area contributed by atoms with Gasteiger partial charge in [0.05, 0.1) is 10.8 Å². The largest absolute Gasteiger partial charge is 0.330 e. The van der Waals surface area contributed by atoms with Crippen molar-refractivity contribution < 1.29 is 8.42 Å². The van der Waals surface area contributed by atoms with Crippen LogP contribution in [-0.2, 0) is 10.0 Å². The normalized spacial score (nSPS) is 13.9. The summed E-state index contributed by atoms with van der Waals surface area (Å²) >= 11 is 1.53. The van der Waals surface area contributed by atoms with E-state index in [-0.39, 0.29) is 11.7 Å². The number of rotatable bonds is 7. The summed E-state index contributed by atoms with van der Waals surface area (Å²) in [6.45, 7) is 2.73. The van der Waals surface area contributed by atoms with Gasteiger partial charge < -0.3 is 5.73 Å². The van der Waals surface area contributed by atoms with Crippen molar-refractivity contribution in [3.05, 3.63) is 16.6 Å². The molecule has 0 aliphatic carbocycles. The van der Waals surface area contributed by atoms with Crippen LogP contribution >= 0.6 is 11.3 Å². The molecule has 1 atom stereocenters. The first-order valence-corrected chi connectivity index (χ1v) is 7.65. The van der Waals surface area contributed by atoms with E-state index in [4.69, 9.17) is 5.73 Å². The SMILES string of the molecule is CC(CNS(=O)(=O)CCCN)c1nccs1. The maximum Gasteiger partial charge on any atom is 0.211 e. The third-order valence-electron chi connectivity index (χ3n) is 2.10. The first-order chi connectivity index (χ1) is 7.55. The van der Waals surface area contributed by atoms with Gasteiger partial charge >= 0.3 is 0 Å². The van der Waals surface area contributed by atoms with Crippen LogP contribution < -0.4 is 10.5 Å². The van der Waals surface area contributed by atoms with E-state index in [9.17, 15) is 8.42 Å². The van der Waals surface area contributed by atoms with Crippen LogP contribution in [-0.4, -0.2) is 32.2 Å². The minimum atomic E-state index is -3.18. The number of hydrogen-bond acceptors (Lipinski definition) is 5. The molecule has 16 heavy (non-hydrogen) atoms. The van der Waals surface area contributed by atoms with E-state index < -0.39 is 10.0 Å². The van der Waals surface area contributed by atoms with Gasteiger partial charge in [0.1, 0.15) is 0 Å². The smallest absolute Gasteiger partial charge is 0.211 e. The Balaban J connectivity index is 2.39. The van der Waals surface area contributed by atoms with Crippen LogP contribution in [0.5, 0.6) is 0 Å². The van der Waals surface area contributed by atoms with Gasteiger partial charge in [0.2, 0.25) is 10.0 Å². The van der Waals surface area contributed by atoms with Crippen LogP contribution in [0, 0.1) is 0 Å². The number of nitrogens with two attached hydrogens (primary N) is 1. The van der Waals surface area contributed by atoms with Gasteiger partial charge in [-0.25, -0.2) is 18.1 Å². The Bertz CT molecular complexity index is 389. The highest BCUT2D eigenvalue weighted by molar-refractivity contribution is 7.89. The van der Waals surface area contributed by atoms with Gasteiger partial charge in [-0.3, -0.25) is 0 Å². The Morgan fingerprint density at radius 1 is 1.62 bits per heavy atom. The Morgan fingerprint density at radius 3 is 2.94 bits per heavy atom. The second kappa shape index (κ2) is 6.29. The summed E-state index contributed by atoms with van der Waals surface area (Å²) in [6.07, 6.45) is 2.21. The lowest BCUT2D eigenvalue weighted by Crippen LogP contribution is -2.30. The fourth-order valence-corrected chi connectivity index (χ4v) is 3.06. The van der Waals surface area contributed by atoms with Gasteiger partial charge in [0.25, 0.3) is 0 Å². The highest BCUT2D eigenvalue weighted by Gasteiger charge is 2.13. The van der Waals surface area contributed by atoms with Gasteiger partial charge in [0, 0.05) is 24.0 Å². The van der Waals surface area contributed by atoms with Crippen molar-refractivity contribution in [3.8, 4) is 0 Å². The highest BCUT2D eigenvalue weighted by Crippen LogP contribution is 2.16. The van der Waals surface area contributed by atoms with E-state index in [1.54, 1.807) is 6.20 Å². The van der Waals surface area contributed by atoms with Crippen LogP contribution in [0.25, 0.3) is 0 Å². The summed E-state index contributed by atoms with van der Waals surface area (Å²) < 4.78 is 25.5. The molecule has 1 unspecified atom stereocenters. The van der Waals surface area contributed by atoms with Crippen LogP contribution in [0.15, 0.2) is 11.6 Å². The number of aromatic nitrogens is 1. The Hall–Kier alpha value is -0.500. The molecule has 0 saturated heterocycles. The van der Waals surface area contributed by atoms with Crippen molar-refractivity contribution >= 4 is 21.4 Å². The lowest BCUT2D eigenvalue weighted by molar-refractivity contribution is 0.572. The van der Waals surface area contributed by atoms with Crippen LogP contribution in [0.1, 0.15) is 24.3 Å². The third kappa shape index (κ3) is 4.56. The summed E-state index contributed by atoms with van der Waals surface area (Å²) in [4.78, 5) is 4.14. The van der Waals surface area contributed by atoms with Gasteiger partial charge in [0.15, 0.2) is 0 Å². The molecule has 1 aromatic heterocycles. The second-order valence-corrected chi connectivity index (χ2v) is 6.43. The average molecular weight is 263 g/mol. The van der Waals surface area contributed by atoms with Crippen molar-refractivity contribution in [3.63, 3.8) is 0 Å². The molecule has 0 aliphatic rings. The maximum absolute atomic E-state index is 11.5. The standard InChI is InChI=1S/C9H17N3O2S2/c1-8(9-11-4-5-15-9)7-12-16(13,14)6-2-3-10/h4-5,8,12H,2-3,6-7,10H2,1H3. The minimum Gasteiger partial charge on any atom is -0.330 e. The van der Waals surface area contributed by atoms with Crippen LogP contribution in [0.4, 0.5) is 0 Å². The van der Waals surface area contributed by atoms with Crippen LogP contribution in [0.2, 0.25) is 0 Å². The molecule has 0 fully saturated rings. The predicted molar refractivity (Wildman–Crippen MR) is 66.0 cm³/mol. The quantitative estimate of drug-likeness (QED) is 0.751. The molecule has 1 rings (SSSR count). The molecule has 0 aromatic carbocycles. The Morgan fingerprint density at radius 2 is 2.38 bits per heavy atom. The summed E-state index contributed by atoms with van der Waals surface area (Å²) in [5.74, 6) is 0.196. The molecule has 0 amide bonds. The summed E-state index contributed by atoms with van der Waals surface area (Å²) in [6, 6.07) is 0. The molecule has 5 nitrogen and oxygen atoms in total. The highest BCUT2D eigenvalue weighted by atomic mass is 32.2. The molecule has 3 N–H and O–H groups in total. The predicted octanol–water partition coefficient (Wildman–Crippen LogP) is 0.515. The number of sulfonamides is 1. The molecule has 0 aliphatic heterocycles. The Labute approximate surface area is 100 Å². The lowest BCUT2D eigenvalue weighted by atomic mass is 10.2. The Kier molecular flexibility index (Phi) is 5.33. The van der Waals surface area contributed by atoms with Gasteiger partial charge in [-0.05, 0) is 13.0 Å². The molecule has 0 saturated carbocycles. The van der Waals surface area contributed by atoms with Crippen molar-refractivity contribution in [2.45, 2.75) is 19.3 Å². The third-order valence-corrected chi connectivity index (χ3v) is 4.54. The molecule has 7 heteroatoms. The first kappa shape index (κ1) is 13.6. The molecule has 1 aromatic rings. The van der Waals surface area contributed by atoms with Crippen molar-refractivity contribution in [1.29, 1.82) is 0 Å². The zero-order valence-electron chi connectivity index (χ0n) is 9.22. The zero-order chi connectivity index (χ0) is 12.0. The lowest BCUT2D eigenvalue weighted by Gasteiger charge is -2.10. The molecule has 0 bridgehead atoms. The molecular formula is C9H17N3O2S2.